The van der Waals surface area contributed by atoms with Gasteiger partial charge in [-0.3, -0.25) is 4.79 Å². The molecule has 0 aliphatic rings. The number of alkyl halides is 3. The molecule has 1 amide bonds. The maximum absolute atomic E-state index is 12.0. The number of hydrogen-bond acceptors (Lipinski definition) is 2. The molecule has 0 radical (unpaired) electrons. The lowest BCUT2D eigenvalue weighted by Gasteiger charge is -2.20. The van der Waals surface area contributed by atoms with E-state index in [-0.39, 0.29) is 13.2 Å². The van der Waals surface area contributed by atoms with Crippen LogP contribution >= 0.6 is 15.9 Å². The van der Waals surface area contributed by atoms with Crippen LogP contribution in [-0.2, 0) is 9.53 Å². The third kappa shape index (κ3) is 6.26. The maximum atomic E-state index is 12.0. The Labute approximate surface area is 90.5 Å². The summed E-state index contributed by atoms with van der Waals surface area (Å²) in [6, 6.07) is 0. The largest absolute Gasteiger partial charge is 0.372 e. The van der Waals surface area contributed by atoms with Gasteiger partial charge in [-0.2, -0.15) is 0 Å². The minimum atomic E-state index is -2.50. The molecule has 0 heterocycles. The van der Waals surface area contributed by atoms with E-state index in [0.29, 0.717) is 11.9 Å². The molecule has 0 rings (SSSR count). The summed E-state index contributed by atoms with van der Waals surface area (Å²) in [4.78, 5) is 12.4. The summed E-state index contributed by atoms with van der Waals surface area (Å²) in [6.45, 7) is 1.77. The zero-order valence-corrected chi connectivity index (χ0v) is 9.60. The Kier molecular flexibility index (Phi) is 7.98. The second kappa shape index (κ2) is 8.11. The van der Waals surface area contributed by atoms with Crippen LogP contribution in [0.4, 0.5) is 8.78 Å². The Morgan fingerprint density at radius 3 is 2.64 bits per heavy atom. The monoisotopic (exact) mass is 273 g/mol. The summed E-state index contributed by atoms with van der Waals surface area (Å²) in [7, 11) is 0. The van der Waals surface area contributed by atoms with Crippen LogP contribution in [0.25, 0.3) is 0 Å². The van der Waals surface area contributed by atoms with Crippen LogP contribution in [0.15, 0.2) is 0 Å². The van der Waals surface area contributed by atoms with Crippen LogP contribution in [0.1, 0.15) is 6.92 Å². The molecular weight excluding hydrogens is 260 g/mol. The average Bonchev–Trinajstić information content (AvgIpc) is 2.13. The van der Waals surface area contributed by atoms with E-state index >= 15 is 0 Å². The second-order valence-electron chi connectivity index (χ2n) is 2.56. The van der Waals surface area contributed by atoms with Gasteiger partial charge in [0, 0.05) is 18.5 Å². The SMILES string of the molecule is CCOCC(=O)N(CCBr)CC(F)F. The Morgan fingerprint density at radius 1 is 1.57 bits per heavy atom. The van der Waals surface area contributed by atoms with Crippen LogP contribution in [0.2, 0.25) is 0 Å². The molecule has 0 aliphatic carbocycles. The summed E-state index contributed by atoms with van der Waals surface area (Å²) >= 11 is 3.10. The van der Waals surface area contributed by atoms with Gasteiger partial charge in [0.1, 0.15) is 6.61 Å². The van der Waals surface area contributed by atoms with E-state index in [0.717, 1.165) is 4.90 Å². The Bertz CT molecular complexity index is 169. The van der Waals surface area contributed by atoms with Gasteiger partial charge in [-0.25, -0.2) is 8.78 Å². The van der Waals surface area contributed by atoms with Crippen molar-refractivity contribution in [2.24, 2.45) is 0 Å². The predicted octanol–water partition coefficient (Wildman–Crippen LogP) is 1.51. The number of rotatable bonds is 7. The van der Waals surface area contributed by atoms with Crippen molar-refractivity contribution < 1.29 is 18.3 Å². The third-order valence-corrected chi connectivity index (χ3v) is 1.85. The van der Waals surface area contributed by atoms with Crippen molar-refractivity contribution in [1.29, 1.82) is 0 Å². The highest BCUT2D eigenvalue weighted by molar-refractivity contribution is 9.09. The Hall–Kier alpha value is -0.230. The molecule has 0 aromatic heterocycles. The first-order chi connectivity index (χ1) is 6.61. The molecule has 0 unspecified atom stereocenters. The average molecular weight is 274 g/mol. The van der Waals surface area contributed by atoms with Gasteiger partial charge in [-0.05, 0) is 6.92 Å². The molecule has 14 heavy (non-hydrogen) atoms. The number of nitrogens with zero attached hydrogens (tertiary/aromatic N) is 1. The molecule has 0 fully saturated rings. The molecule has 84 valence electrons. The summed E-state index contributed by atoms with van der Waals surface area (Å²) < 4.78 is 28.9. The highest BCUT2D eigenvalue weighted by Crippen LogP contribution is 2.00. The number of carbonyl (C=O) groups is 1. The predicted molar refractivity (Wildman–Crippen MR) is 52.9 cm³/mol. The molecule has 3 nitrogen and oxygen atoms in total. The fourth-order valence-corrected chi connectivity index (χ4v) is 1.30. The van der Waals surface area contributed by atoms with Crippen molar-refractivity contribution in [3.05, 3.63) is 0 Å². The highest BCUT2D eigenvalue weighted by atomic mass is 79.9. The molecule has 0 N–H and O–H groups in total. The number of ether oxygens (including phenoxy) is 1. The first-order valence-electron chi connectivity index (χ1n) is 4.31. The van der Waals surface area contributed by atoms with Crippen molar-refractivity contribution in [1.82, 2.24) is 4.90 Å². The minimum Gasteiger partial charge on any atom is -0.372 e. The van der Waals surface area contributed by atoms with Crippen LogP contribution in [0.3, 0.4) is 0 Å². The number of amides is 1. The number of hydrogen-bond donors (Lipinski definition) is 0. The first kappa shape index (κ1) is 13.8. The lowest BCUT2D eigenvalue weighted by atomic mass is 10.4. The van der Waals surface area contributed by atoms with E-state index in [1.165, 1.54) is 0 Å². The molecule has 0 saturated heterocycles. The zero-order chi connectivity index (χ0) is 11.0. The second-order valence-corrected chi connectivity index (χ2v) is 3.35. The van der Waals surface area contributed by atoms with Crippen LogP contribution in [0, 0.1) is 0 Å². The number of carbonyl (C=O) groups excluding carboxylic acids is 1. The van der Waals surface area contributed by atoms with Crippen LogP contribution in [0.5, 0.6) is 0 Å². The van der Waals surface area contributed by atoms with Crippen molar-refractivity contribution in [3.63, 3.8) is 0 Å². The fraction of sp³-hybridized carbons (Fsp3) is 0.875. The molecule has 0 saturated carbocycles. The number of halogens is 3. The first-order valence-corrected chi connectivity index (χ1v) is 5.43. The molecule has 0 aliphatic heterocycles. The summed E-state index contributed by atoms with van der Waals surface area (Å²) in [6.07, 6.45) is -2.50. The molecule has 0 aromatic rings. The van der Waals surface area contributed by atoms with Gasteiger partial charge in [-0.15, -0.1) is 0 Å². The molecular formula is C8H14BrF2NO2. The van der Waals surface area contributed by atoms with Gasteiger partial charge >= 0.3 is 0 Å². The van der Waals surface area contributed by atoms with Crippen molar-refractivity contribution in [3.8, 4) is 0 Å². The highest BCUT2D eigenvalue weighted by Gasteiger charge is 2.17. The molecule has 0 aromatic carbocycles. The lowest BCUT2D eigenvalue weighted by Crippen LogP contribution is -2.38. The van der Waals surface area contributed by atoms with Crippen LogP contribution in [-0.4, -0.2) is 48.9 Å². The molecule has 6 heteroatoms. The summed E-state index contributed by atoms with van der Waals surface area (Å²) in [5.41, 5.74) is 0. The van der Waals surface area contributed by atoms with E-state index in [1.807, 2.05) is 0 Å². The molecule has 0 bridgehead atoms. The quantitative estimate of drug-likeness (QED) is 0.659. The van der Waals surface area contributed by atoms with Crippen molar-refractivity contribution >= 4 is 21.8 Å². The van der Waals surface area contributed by atoms with E-state index in [4.69, 9.17) is 4.74 Å². The van der Waals surface area contributed by atoms with Gasteiger partial charge in [0.05, 0.1) is 6.54 Å². The van der Waals surface area contributed by atoms with Crippen LogP contribution < -0.4 is 0 Å². The minimum absolute atomic E-state index is 0.129. The summed E-state index contributed by atoms with van der Waals surface area (Å²) in [5.74, 6) is -0.397. The van der Waals surface area contributed by atoms with Gasteiger partial charge in [-0.1, -0.05) is 15.9 Å². The molecule has 0 spiro atoms. The van der Waals surface area contributed by atoms with Crippen molar-refractivity contribution in [2.45, 2.75) is 13.3 Å². The van der Waals surface area contributed by atoms with Crippen molar-refractivity contribution in [2.75, 3.05) is 31.6 Å². The van der Waals surface area contributed by atoms with E-state index in [1.54, 1.807) is 6.92 Å². The zero-order valence-electron chi connectivity index (χ0n) is 8.01. The van der Waals surface area contributed by atoms with Gasteiger partial charge in [0.15, 0.2) is 0 Å². The smallest absolute Gasteiger partial charge is 0.255 e. The fourth-order valence-electron chi connectivity index (χ4n) is 0.867. The van der Waals surface area contributed by atoms with Gasteiger partial charge in [0.2, 0.25) is 5.91 Å². The van der Waals surface area contributed by atoms with E-state index in [9.17, 15) is 13.6 Å². The van der Waals surface area contributed by atoms with E-state index in [2.05, 4.69) is 15.9 Å². The molecule has 0 atom stereocenters. The van der Waals surface area contributed by atoms with Gasteiger partial charge in [0.25, 0.3) is 6.43 Å². The third-order valence-electron chi connectivity index (χ3n) is 1.50. The normalized spacial score (nSPS) is 10.6. The van der Waals surface area contributed by atoms with E-state index < -0.39 is 18.9 Å². The summed E-state index contributed by atoms with van der Waals surface area (Å²) in [5, 5.41) is 0.484. The maximum Gasteiger partial charge on any atom is 0.255 e. The van der Waals surface area contributed by atoms with Gasteiger partial charge < -0.3 is 9.64 Å². The standard InChI is InChI=1S/C8H14BrF2NO2/c1-2-14-6-8(13)12(4-3-9)5-7(10)11/h7H,2-6H2,1H3. The topological polar surface area (TPSA) is 29.5 Å². The Morgan fingerprint density at radius 2 is 2.21 bits per heavy atom. The lowest BCUT2D eigenvalue weighted by molar-refractivity contribution is -0.137. The Balaban J connectivity index is 3.97.